The summed E-state index contributed by atoms with van der Waals surface area (Å²) in [6.45, 7) is 2.26. The molecule has 1 aromatic rings. The lowest BCUT2D eigenvalue weighted by atomic mass is 10.1. The van der Waals surface area contributed by atoms with Crippen LogP contribution in [-0.2, 0) is 20.7 Å². The smallest absolute Gasteiger partial charge is 0.334 e. The van der Waals surface area contributed by atoms with E-state index < -0.39 is 12.1 Å². The van der Waals surface area contributed by atoms with Crippen molar-refractivity contribution in [2.75, 3.05) is 20.2 Å². The van der Waals surface area contributed by atoms with Gasteiger partial charge in [-0.3, -0.25) is 4.79 Å². The summed E-state index contributed by atoms with van der Waals surface area (Å²) in [4.78, 5) is 24.9. The van der Waals surface area contributed by atoms with E-state index in [0.29, 0.717) is 30.2 Å². The van der Waals surface area contributed by atoms with Crippen LogP contribution in [0.2, 0.25) is 5.02 Å². The van der Waals surface area contributed by atoms with Crippen LogP contribution in [0.5, 0.6) is 5.75 Å². The Balaban J connectivity index is 1.93. The zero-order chi connectivity index (χ0) is 17.0. The summed E-state index contributed by atoms with van der Waals surface area (Å²) in [5, 5.41) is 9.56. The molecule has 1 amide bonds. The van der Waals surface area contributed by atoms with Crippen LogP contribution in [-0.4, -0.2) is 54.3 Å². The summed E-state index contributed by atoms with van der Waals surface area (Å²) >= 11 is 6.06. The summed E-state index contributed by atoms with van der Waals surface area (Å²) in [5.74, 6) is -0.539. The Hall–Kier alpha value is -1.79. The molecule has 1 N–H and O–H groups in total. The molecule has 1 aromatic carbocycles. The number of morpholine rings is 1. The standard InChI is InChI=1S/C16H20ClNO5/c1-10-8-18(9-14(23-10)16(20)21)15(19)6-4-11-3-5-13(22-2)12(17)7-11/h3,5,7,10,14H,4,6,8-9H2,1-2H3,(H,20,21)/t10-,14?/m1/s1. The predicted octanol–water partition coefficient (Wildman–Crippen LogP) is 1.98. The maximum absolute atomic E-state index is 12.3. The van der Waals surface area contributed by atoms with Crippen LogP contribution in [0.3, 0.4) is 0 Å². The van der Waals surface area contributed by atoms with Gasteiger partial charge in [0.05, 0.1) is 24.8 Å². The molecule has 0 bridgehead atoms. The Labute approximate surface area is 139 Å². The predicted molar refractivity (Wildman–Crippen MR) is 84.9 cm³/mol. The minimum Gasteiger partial charge on any atom is -0.495 e. The Kier molecular flexibility index (Phi) is 5.85. The lowest BCUT2D eigenvalue weighted by Crippen LogP contribution is -2.51. The highest BCUT2D eigenvalue weighted by atomic mass is 35.5. The van der Waals surface area contributed by atoms with Gasteiger partial charge in [-0.05, 0) is 31.0 Å². The Bertz CT molecular complexity index is 592. The maximum Gasteiger partial charge on any atom is 0.334 e. The molecule has 1 saturated heterocycles. The summed E-state index contributed by atoms with van der Waals surface area (Å²) < 4.78 is 10.4. The van der Waals surface area contributed by atoms with Gasteiger partial charge >= 0.3 is 5.97 Å². The molecule has 1 fully saturated rings. The van der Waals surface area contributed by atoms with Crippen LogP contribution >= 0.6 is 11.6 Å². The molecule has 6 nitrogen and oxygen atoms in total. The number of carboxylic acid groups (broad SMARTS) is 1. The average molecular weight is 342 g/mol. The topological polar surface area (TPSA) is 76.1 Å². The van der Waals surface area contributed by atoms with E-state index >= 15 is 0 Å². The number of halogens is 1. The molecule has 2 atom stereocenters. The molecule has 7 heteroatoms. The number of carboxylic acids is 1. The molecule has 23 heavy (non-hydrogen) atoms. The maximum atomic E-state index is 12.3. The van der Waals surface area contributed by atoms with E-state index in [0.717, 1.165) is 5.56 Å². The first-order chi connectivity index (χ1) is 10.9. The molecule has 0 spiro atoms. The number of aliphatic carboxylic acids is 1. The largest absolute Gasteiger partial charge is 0.495 e. The lowest BCUT2D eigenvalue weighted by molar-refractivity contribution is -0.166. The molecule has 0 saturated carbocycles. The van der Waals surface area contributed by atoms with Gasteiger partial charge in [-0.25, -0.2) is 4.79 Å². The van der Waals surface area contributed by atoms with Gasteiger partial charge in [0, 0.05) is 13.0 Å². The third kappa shape index (κ3) is 4.59. The van der Waals surface area contributed by atoms with Gasteiger partial charge in [-0.1, -0.05) is 17.7 Å². The quantitative estimate of drug-likeness (QED) is 0.886. The monoisotopic (exact) mass is 341 g/mol. The summed E-state index contributed by atoms with van der Waals surface area (Å²) in [6.07, 6.45) is -0.421. The molecular weight excluding hydrogens is 322 g/mol. The number of rotatable bonds is 5. The Morgan fingerprint density at radius 2 is 2.17 bits per heavy atom. The van der Waals surface area contributed by atoms with E-state index in [1.807, 2.05) is 6.07 Å². The molecule has 0 radical (unpaired) electrons. The van der Waals surface area contributed by atoms with Gasteiger partial charge in [-0.15, -0.1) is 0 Å². The number of carbonyl (C=O) groups is 2. The number of methoxy groups -OCH3 is 1. The fraction of sp³-hybridized carbons (Fsp3) is 0.500. The van der Waals surface area contributed by atoms with Crippen molar-refractivity contribution >= 4 is 23.5 Å². The van der Waals surface area contributed by atoms with Crippen molar-refractivity contribution in [2.45, 2.75) is 32.0 Å². The van der Waals surface area contributed by atoms with Crippen LogP contribution in [0.4, 0.5) is 0 Å². The van der Waals surface area contributed by atoms with Gasteiger partial charge in [0.2, 0.25) is 5.91 Å². The van der Waals surface area contributed by atoms with Crippen LogP contribution in [0.15, 0.2) is 18.2 Å². The number of hydrogen-bond acceptors (Lipinski definition) is 4. The van der Waals surface area contributed by atoms with E-state index in [4.69, 9.17) is 26.2 Å². The Morgan fingerprint density at radius 1 is 1.43 bits per heavy atom. The van der Waals surface area contributed by atoms with Crippen molar-refractivity contribution in [1.82, 2.24) is 4.90 Å². The second kappa shape index (κ2) is 7.66. The van der Waals surface area contributed by atoms with Gasteiger partial charge in [0.25, 0.3) is 0 Å². The average Bonchev–Trinajstić information content (AvgIpc) is 2.52. The van der Waals surface area contributed by atoms with Crippen molar-refractivity contribution in [3.05, 3.63) is 28.8 Å². The number of aryl methyl sites for hydroxylation is 1. The lowest BCUT2D eigenvalue weighted by Gasteiger charge is -2.35. The van der Waals surface area contributed by atoms with E-state index in [-0.39, 0.29) is 18.6 Å². The minimum atomic E-state index is -1.05. The third-order valence-corrected chi connectivity index (χ3v) is 4.03. The number of ether oxygens (including phenoxy) is 2. The molecule has 0 aromatic heterocycles. The number of carbonyl (C=O) groups excluding carboxylic acids is 1. The van der Waals surface area contributed by atoms with Crippen LogP contribution in [0.1, 0.15) is 18.9 Å². The van der Waals surface area contributed by atoms with E-state index in [2.05, 4.69) is 0 Å². The SMILES string of the molecule is COc1ccc(CCC(=O)N2CC(C(=O)O)O[C@H](C)C2)cc1Cl. The van der Waals surface area contributed by atoms with Crippen molar-refractivity contribution in [1.29, 1.82) is 0 Å². The first kappa shape index (κ1) is 17.6. The summed E-state index contributed by atoms with van der Waals surface area (Å²) in [6, 6.07) is 5.40. The van der Waals surface area contributed by atoms with Gasteiger partial charge < -0.3 is 19.5 Å². The summed E-state index contributed by atoms with van der Waals surface area (Å²) in [7, 11) is 1.54. The normalized spacial score (nSPS) is 21.1. The minimum absolute atomic E-state index is 0.0849. The van der Waals surface area contributed by atoms with Crippen molar-refractivity contribution in [3.63, 3.8) is 0 Å². The van der Waals surface area contributed by atoms with Crippen LogP contribution in [0.25, 0.3) is 0 Å². The van der Waals surface area contributed by atoms with Crippen LogP contribution < -0.4 is 4.74 Å². The molecule has 0 aliphatic carbocycles. The van der Waals surface area contributed by atoms with Crippen molar-refractivity contribution in [3.8, 4) is 5.75 Å². The highest BCUT2D eigenvalue weighted by Gasteiger charge is 2.32. The number of hydrogen-bond donors (Lipinski definition) is 1. The number of nitrogens with zero attached hydrogens (tertiary/aromatic N) is 1. The Morgan fingerprint density at radius 3 is 2.78 bits per heavy atom. The highest BCUT2D eigenvalue weighted by Crippen LogP contribution is 2.25. The molecule has 1 aliphatic heterocycles. The fourth-order valence-corrected chi connectivity index (χ4v) is 2.85. The van der Waals surface area contributed by atoms with Gasteiger partial charge in [0.1, 0.15) is 5.75 Å². The van der Waals surface area contributed by atoms with Crippen molar-refractivity contribution in [2.24, 2.45) is 0 Å². The second-order valence-electron chi connectivity index (χ2n) is 5.54. The molecule has 1 heterocycles. The highest BCUT2D eigenvalue weighted by molar-refractivity contribution is 6.32. The molecule has 2 rings (SSSR count). The fourth-order valence-electron chi connectivity index (χ4n) is 2.57. The summed E-state index contributed by atoms with van der Waals surface area (Å²) in [5.41, 5.74) is 0.931. The zero-order valence-electron chi connectivity index (χ0n) is 13.1. The van der Waals surface area contributed by atoms with Gasteiger partial charge in [0.15, 0.2) is 6.10 Å². The molecule has 1 unspecified atom stereocenters. The molecular formula is C16H20ClNO5. The zero-order valence-corrected chi connectivity index (χ0v) is 13.9. The molecule has 1 aliphatic rings. The van der Waals surface area contributed by atoms with Crippen molar-refractivity contribution < 1.29 is 24.2 Å². The third-order valence-electron chi connectivity index (χ3n) is 3.73. The van der Waals surface area contributed by atoms with Gasteiger partial charge in [-0.2, -0.15) is 0 Å². The first-order valence-corrected chi connectivity index (χ1v) is 7.77. The van der Waals surface area contributed by atoms with E-state index in [1.54, 1.807) is 31.1 Å². The van der Waals surface area contributed by atoms with Crippen LogP contribution in [0, 0.1) is 0 Å². The molecule has 126 valence electrons. The first-order valence-electron chi connectivity index (χ1n) is 7.39. The number of amides is 1. The van der Waals surface area contributed by atoms with E-state index in [9.17, 15) is 9.59 Å². The second-order valence-corrected chi connectivity index (χ2v) is 5.95. The number of benzene rings is 1. The van der Waals surface area contributed by atoms with E-state index in [1.165, 1.54) is 0 Å².